The number of rotatable bonds is 10. The van der Waals surface area contributed by atoms with E-state index >= 15 is 0 Å². The zero-order valence-electron chi connectivity index (χ0n) is 21.2. The van der Waals surface area contributed by atoms with Crippen LogP contribution in [0.4, 0.5) is 13.2 Å². The number of hydrogen-bond donors (Lipinski definition) is 0. The topological polar surface area (TPSA) is 172 Å². The van der Waals surface area contributed by atoms with Gasteiger partial charge in [0.15, 0.2) is 16.7 Å². The van der Waals surface area contributed by atoms with Crippen molar-refractivity contribution in [2.45, 2.75) is 18.7 Å². The van der Waals surface area contributed by atoms with Crippen LogP contribution in [-0.2, 0) is 47.1 Å². The van der Waals surface area contributed by atoms with Crippen molar-refractivity contribution in [1.29, 1.82) is 0 Å². The number of hydrogen-bond acceptors (Lipinski definition) is 9. The summed E-state index contributed by atoms with van der Waals surface area (Å²) in [6.07, 6.45) is 0. The maximum Gasteiger partial charge on any atom is 0.603 e. The Balaban J connectivity index is 0.000000675. The van der Waals surface area contributed by atoms with E-state index in [1.807, 2.05) is 48.5 Å². The standard InChI is InChI=1S/C25H20IN2O6.CHF3O3S/c27-28-23(25(31)33-16-19-11-5-2-6-12-19)26-21-14-8-7-13-20(21)24(30)34-17-22(29)32-15-18-9-3-1-4-10-18;2-1(3,4)8(5,6)7/h1-14H,15-17H2;(H,5,6,7)/q+1;/p-1. The maximum absolute atomic E-state index is 12.6. The third kappa shape index (κ3) is 11.8. The lowest BCUT2D eigenvalue weighted by molar-refractivity contribution is -0.527. The van der Waals surface area contributed by atoms with Crippen LogP contribution in [0.15, 0.2) is 84.9 Å². The molecule has 0 unspecified atom stereocenters. The molecule has 0 aliphatic carbocycles. The van der Waals surface area contributed by atoms with Crippen molar-refractivity contribution in [1.82, 2.24) is 0 Å². The molecule has 16 heteroatoms. The second kappa shape index (κ2) is 16.4. The number of ether oxygens (including phenoxy) is 3. The number of nitrogens with zero attached hydrogens (tertiary/aromatic N) is 2. The van der Waals surface area contributed by atoms with Gasteiger partial charge in [0.1, 0.15) is 18.8 Å². The molecule has 0 aliphatic heterocycles. The molecule has 0 heterocycles. The molecule has 0 amide bonds. The lowest BCUT2D eigenvalue weighted by Crippen LogP contribution is -3.65. The van der Waals surface area contributed by atoms with Gasteiger partial charge in [0.05, 0.1) is 0 Å². The SMILES string of the molecule is O=S(=O)([O-])C(F)(F)F.[N-]=[N+]=C([I+]c1ccccc1C(=O)OCC(=O)OCc1ccccc1)C(=O)OCc1ccccc1. The molecule has 0 atom stereocenters. The lowest BCUT2D eigenvalue weighted by atomic mass is 10.2. The lowest BCUT2D eigenvalue weighted by Gasteiger charge is -2.08. The van der Waals surface area contributed by atoms with Crippen molar-refractivity contribution < 1.29 is 80.7 Å². The molecular weight excluding hydrogens is 700 g/mol. The zero-order valence-corrected chi connectivity index (χ0v) is 24.2. The van der Waals surface area contributed by atoms with E-state index < -0.39 is 61.3 Å². The molecule has 42 heavy (non-hydrogen) atoms. The zero-order chi connectivity index (χ0) is 31.2. The summed E-state index contributed by atoms with van der Waals surface area (Å²) in [7, 11) is -6.09. The predicted molar refractivity (Wildman–Crippen MR) is 132 cm³/mol. The highest BCUT2D eigenvalue weighted by molar-refractivity contribution is 7.86. The van der Waals surface area contributed by atoms with E-state index in [4.69, 9.17) is 27.2 Å². The van der Waals surface area contributed by atoms with Gasteiger partial charge < -0.3 is 24.3 Å². The minimum Gasteiger partial charge on any atom is -0.741 e. The highest BCUT2D eigenvalue weighted by atomic mass is 127. The first-order chi connectivity index (χ1) is 19.8. The molecule has 0 bridgehead atoms. The van der Waals surface area contributed by atoms with Gasteiger partial charge in [-0.25, -0.2) is 22.8 Å². The summed E-state index contributed by atoms with van der Waals surface area (Å²) in [5.41, 5.74) is 5.47. The minimum absolute atomic E-state index is 0.0250. The molecular formula is C26H20F3IN2O9S. The molecule has 3 aromatic carbocycles. The summed E-state index contributed by atoms with van der Waals surface area (Å²) in [6, 6.07) is 24.6. The van der Waals surface area contributed by atoms with Crippen molar-refractivity contribution in [3.05, 3.63) is 111 Å². The molecule has 0 aliphatic rings. The molecule has 222 valence electrons. The van der Waals surface area contributed by atoms with Crippen LogP contribution < -0.4 is 21.2 Å². The van der Waals surface area contributed by atoms with Crippen molar-refractivity contribution in [2.75, 3.05) is 6.61 Å². The van der Waals surface area contributed by atoms with Crippen LogP contribution in [0.3, 0.4) is 0 Å². The van der Waals surface area contributed by atoms with Crippen LogP contribution in [0.1, 0.15) is 21.5 Å². The van der Waals surface area contributed by atoms with E-state index in [9.17, 15) is 33.1 Å². The van der Waals surface area contributed by atoms with Crippen LogP contribution in [0.5, 0.6) is 0 Å². The monoisotopic (exact) mass is 720 g/mol. The largest absolute Gasteiger partial charge is 0.741 e. The fraction of sp³-hybridized carbons (Fsp3) is 0.154. The van der Waals surface area contributed by atoms with Gasteiger partial charge in [-0.2, -0.15) is 13.2 Å². The molecule has 11 nitrogen and oxygen atoms in total. The van der Waals surface area contributed by atoms with E-state index in [1.165, 1.54) is 6.07 Å². The van der Waals surface area contributed by atoms with Gasteiger partial charge in [-0.05, 0) is 23.3 Å². The molecule has 0 fully saturated rings. The highest BCUT2D eigenvalue weighted by Crippen LogP contribution is 2.20. The summed E-state index contributed by atoms with van der Waals surface area (Å²) in [6.45, 7) is -0.462. The maximum atomic E-state index is 12.6. The smallest absolute Gasteiger partial charge is 0.603 e. The Kier molecular flexibility index (Phi) is 13.3. The van der Waals surface area contributed by atoms with Gasteiger partial charge in [-0.15, -0.1) is 4.79 Å². The van der Waals surface area contributed by atoms with E-state index in [-0.39, 0.29) is 22.5 Å². The van der Waals surface area contributed by atoms with Crippen LogP contribution in [-0.4, -0.2) is 51.5 Å². The first-order valence-corrected chi connectivity index (χ1v) is 14.9. The van der Waals surface area contributed by atoms with Crippen molar-refractivity contribution in [2.24, 2.45) is 0 Å². The number of halogens is 4. The Morgan fingerprint density at radius 1 is 0.810 bits per heavy atom. The Labute approximate surface area is 247 Å². The molecule has 0 N–H and O–H groups in total. The van der Waals surface area contributed by atoms with Gasteiger partial charge in [0, 0.05) is 0 Å². The summed E-state index contributed by atoms with van der Waals surface area (Å²) in [4.78, 5) is 40.0. The molecule has 0 aromatic heterocycles. The van der Waals surface area contributed by atoms with Crippen LogP contribution in [0.2, 0.25) is 0 Å². The Morgan fingerprint density at radius 3 is 1.79 bits per heavy atom. The number of esters is 3. The van der Waals surface area contributed by atoms with Crippen molar-refractivity contribution in [3.8, 4) is 0 Å². The van der Waals surface area contributed by atoms with Gasteiger partial charge in [0.2, 0.25) is 3.57 Å². The van der Waals surface area contributed by atoms with E-state index in [2.05, 4.69) is 4.79 Å². The predicted octanol–water partition coefficient (Wildman–Crippen LogP) is 0.269. The summed E-state index contributed by atoms with van der Waals surface area (Å²) >= 11 is -1.37. The van der Waals surface area contributed by atoms with Crippen LogP contribution in [0, 0.1) is 3.57 Å². The molecule has 3 aromatic rings. The first-order valence-electron chi connectivity index (χ1n) is 11.4. The quantitative estimate of drug-likeness (QED) is 0.0417. The number of alkyl halides is 3. The summed E-state index contributed by atoms with van der Waals surface area (Å²) in [5.74, 6) is -2.21. The minimum atomic E-state index is -6.09. The fourth-order valence-corrected chi connectivity index (χ4v) is 4.78. The Morgan fingerprint density at radius 2 is 1.29 bits per heavy atom. The molecule has 0 saturated heterocycles. The average Bonchev–Trinajstić information content (AvgIpc) is 2.97. The fourth-order valence-electron chi connectivity index (χ4n) is 2.67. The number of carbonyl (C=O) groups is 3. The summed E-state index contributed by atoms with van der Waals surface area (Å²) < 4.78 is 74.6. The molecule has 3 rings (SSSR count). The van der Waals surface area contributed by atoms with Gasteiger partial charge in [0.25, 0.3) is 0 Å². The highest BCUT2D eigenvalue weighted by Gasteiger charge is 2.42. The third-order valence-electron chi connectivity index (χ3n) is 4.60. The second-order valence-corrected chi connectivity index (χ2v) is 11.7. The van der Waals surface area contributed by atoms with E-state index in [0.717, 1.165) is 11.1 Å². The molecule has 0 radical (unpaired) electrons. The second-order valence-electron chi connectivity index (χ2n) is 7.65. The Hall–Kier alpha value is -4.12. The first kappa shape index (κ1) is 34.1. The van der Waals surface area contributed by atoms with Gasteiger partial charge >= 0.3 is 48.3 Å². The summed E-state index contributed by atoms with van der Waals surface area (Å²) in [5, 5.41) is 0. The number of benzene rings is 3. The van der Waals surface area contributed by atoms with E-state index in [0.29, 0.717) is 3.57 Å². The van der Waals surface area contributed by atoms with Crippen molar-refractivity contribution in [3.63, 3.8) is 0 Å². The third-order valence-corrected chi connectivity index (χ3v) is 7.86. The average molecular weight is 720 g/mol. The molecule has 0 spiro atoms. The van der Waals surface area contributed by atoms with Crippen LogP contribution in [0.25, 0.3) is 5.53 Å². The van der Waals surface area contributed by atoms with Crippen LogP contribution >= 0.6 is 0 Å². The van der Waals surface area contributed by atoms with Gasteiger partial charge in [-0.1, -0.05) is 72.8 Å². The van der Waals surface area contributed by atoms with Crippen molar-refractivity contribution >= 4 is 31.7 Å². The normalized spacial score (nSPS) is 10.8. The molecule has 0 saturated carbocycles. The number of carbonyl (C=O) groups excluding carboxylic acids is 3. The Bertz CT molecular complexity index is 1530. The van der Waals surface area contributed by atoms with Gasteiger partial charge in [-0.3, -0.25) is 0 Å². The van der Waals surface area contributed by atoms with E-state index in [1.54, 1.807) is 30.3 Å².